The van der Waals surface area contributed by atoms with E-state index in [1.807, 2.05) is 0 Å². The molecule has 0 unspecified atom stereocenters. The molecule has 0 radical (unpaired) electrons. The first-order chi connectivity index (χ1) is 6.97. The minimum absolute atomic E-state index is 0.647. The number of hydrogen-bond acceptors (Lipinski definition) is 0. The van der Waals surface area contributed by atoms with Crippen molar-refractivity contribution in [2.24, 2.45) is 28.6 Å². The average Bonchev–Trinajstić information content (AvgIpc) is 2.68. The van der Waals surface area contributed by atoms with Crippen LogP contribution in [-0.4, -0.2) is 0 Å². The van der Waals surface area contributed by atoms with Gasteiger partial charge in [-0.25, -0.2) is 0 Å². The quantitative estimate of drug-likeness (QED) is 0.513. The highest BCUT2D eigenvalue weighted by atomic mass is 14.7. The van der Waals surface area contributed by atoms with Crippen molar-refractivity contribution >= 4 is 0 Å². The van der Waals surface area contributed by atoms with Gasteiger partial charge in [-0.3, -0.25) is 0 Å². The zero-order valence-corrected chi connectivity index (χ0v) is 10.6. The summed E-state index contributed by atoms with van der Waals surface area (Å²) < 4.78 is 0. The third-order valence-electron chi connectivity index (χ3n) is 5.95. The summed E-state index contributed by atoms with van der Waals surface area (Å²) in [5, 5.41) is 0. The van der Waals surface area contributed by atoms with Crippen LogP contribution >= 0.6 is 0 Å². The molecule has 0 amide bonds. The van der Waals surface area contributed by atoms with E-state index in [-0.39, 0.29) is 0 Å². The fourth-order valence-electron chi connectivity index (χ4n) is 4.94. The van der Waals surface area contributed by atoms with Gasteiger partial charge in [0, 0.05) is 0 Å². The Kier molecular flexibility index (Phi) is 1.79. The molecule has 2 fully saturated rings. The van der Waals surface area contributed by atoms with Gasteiger partial charge >= 0.3 is 0 Å². The van der Waals surface area contributed by atoms with Gasteiger partial charge in [0.1, 0.15) is 0 Å². The lowest BCUT2D eigenvalue weighted by Gasteiger charge is -2.45. The summed E-state index contributed by atoms with van der Waals surface area (Å²) >= 11 is 0. The molecule has 0 aromatic heterocycles. The van der Waals surface area contributed by atoms with Crippen molar-refractivity contribution in [2.75, 3.05) is 0 Å². The van der Waals surface area contributed by atoms with Crippen LogP contribution in [0.5, 0.6) is 0 Å². The highest BCUT2D eigenvalue weighted by Crippen LogP contribution is 2.73. The Labute approximate surface area is 94.1 Å². The first-order valence-corrected chi connectivity index (χ1v) is 6.63. The Morgan fingerprint density at radius 2 is 1.93 bits per heavy atom. The SMILES string of the molecule is CC1=CCC[C@@]2(C)CC[C@@H]3[C@H]([C@H]12)C3(C)C. The molecule has 0 heteroatoms. The second-order valence-corrected chi connectivity index (χ2v) is 7.11. The van der Waals surface area contributed by atoms with Gasteiger partial charge in [-0.05, 0) is 61.2 Å². The first kappa shape index (κ1) is 9.93. The summed E-state index contributed by atoms with van der Waals surface area (Å²) in [5.74, 6) is 2.96. The number of hydrogen-bond donors (Lipinski definition) is 0. The van der Waals surface area contributed by atoms with Crippen molar-refractivity contribution in [3.63, 3.8) is 0 Å². The molecule has 0 aromatic carbocycles. The Hall–Kier alpha value is -0.260. The summed E-state index contributed by atoms with van der Waals surface area (Å²) in [6.45, 7) is 9.93. The van der Waals surface area contributed by atoms with Crippen LogP contribution in [-0.2, 0) is 0 Å². The second-order valence-electron chi connectivity index (χ2n) is 7.11. The van der Waals surface area contributed by atoms with Crippen LogP contribution in [0.15, 0.2) is 11.6 Å². The molecular weight excluding hydrogens is 180 g/mol. The van der Waals surface area contributed by atoms with E-state index in [1.54, 1.807) is 5.57 Å². The molecule has 3 aliphatic carbocycles. The van der Waals surface area contributed by atoms with E-state index in [0.29, 0.717) is 10.8 Å². The maximum Gasteiger partial charge on any atom is -0.0115 e. The van der Waals surface area contributed by atoms with Crippen LogP contribution in [0, 0.1) is 28.6 Å². The summed E-state index contributed by atoms with van der Waals surface area (Å²) in [6.07, 6.45) is 8.26. The maximum absolute atomic E-state index is 2.55. The van der Waals surface area contributed by atoms with Gasteiger partial charge < -0.3 is 0 Å². The molecule has 4 atom stereocenters. The minimum atomic E-state index is 0.647. The van der Waals surface area contributed by atoms with Crippen LogP contribution in [0.1, 0.15) is 53.4 Å². The van der Waals surface area contributed by atoms with E-state index in [2.05, 4.69) is 33.8 Å². The standard InChI is InChI=1S/C15H24/c1-10-6-5-8-15(4)9-7-11-13(12(10)15)14(11,2)3/h6,11-13H,5,7-9H2,1-4H3/t11-,12+,13-,15+/m1/s1. The fraction of sp³-hybridized carbons (Fsp3) is 0.867. The predicted molar refractivity (Wildman–Crippen MR) is 64.6 cm³/mol. The van der Waals surface area contributed by atoms with Crippen LogP contribution < -0.4 is 0 Å². The van der Waals surface area contributed by atoms with Gasteiger partial charge in [-0.15, -0.1) is 0 Å². The monoisotopic (exact) mass is 204 g/mol. The van der Waals surface area contributed by atoms with Gasteiger partial charge in [0.25, 0.3) is 0 Å². The third kappa shape index (κ3) is 1.14. The summed E-state index contributed by atoms with van der Waals surface area (Å²) in [5.41, 5.74) is 3.01. The number of allylic oxidation sites excluding steroid dienone is 2. The van der Waals surface area contributed by atoms with Gasteiger partial charge in [-0.1, -0.05) is 32.4 Å². The van der Waals surface area contributed by atoms with Crippen molar-refractivity contribution in [3.05, 3.63) is 11.6 Å². The van der Waals surface area contributed by atoms with Crippen LogP contribution in [0.25, 0.3) is 0 Å². The summed E-state index contributed by atoms with van der Waals surface area (Å²) in [6, 6.07) is 0. The van der Waals surface area contributed by atoms with Crippen LogP contribution in [0.2, 0.25) is 0 Å². The summed E-state index contributed by atoms with van der Waals surface area (Å²) in [4.78, 5) is 0. The number of fused-ring (bicyclic) bond motifs is 3. The van der Waals surface area contributed by atoms with Crippen molar-refractivity contribution in [2.45, 2.75) is 53.4 Å². The normalized spacial score (nSPS) is 51.5. The largest absolute Gasteiger partial charge is 0.0853 e. The average molecular weight is 204 g/mol. The van der Waals surface area contributed by atoms with E-state index in [9.17, 15) is 0 Å². The third-order valence-corrected chi connectivity index (χ3v) is 5.95. The van der Waals surface area contributed by atoms with Crippen LogP contribution in [0.4, 0.5) is 0 Å². The van der Waals surface area contributed by atoms with E-state index in [1.165, 1.54) is 25.7 Å². The molecule has 0 spiro atoms. The molecule has 84 valence electrons. The van der Waals surface area contributed by atoms with E-state index < -0.39 is 0 Å². The lowest BCUT2D eigenvalue weighted by molar-refractivity contribution is 0.109. The molecule has 0 nitrogen and oxygen atoms in total. The van der Waals surface area contributed by atoms with Crippen LogP contribution in [0.3, 0.4) is 0 Å². The molecule has 0 bridgehead atoms. The molecule has 3 rings (SSSR count). The highest BCUT2D eigenvalue weighted by Gasteiger charge is 2.66. The van der Waals surface area contributed by atoms with E-state index in [4.69, 9.17) is 0 Å². The Bertz CT molecular complexity index is 323. The molecule has 0 saturated heterocycles. The first-order valence-electron chi connectivity index (χ1n) is 6.63. The number of rotatable bonds is 0. The Balaban J connectivity index is 1.99. The van der Waals surface area contributed by atoms with Gasteiger partial charge in [0.2, 0.25) is 0 Å². The summed E-state index contributed by atoms with van der Waals surface area (Å²) in [7, 11) is 0. The predicted octanol–water partition coefficient (Wildman–Crippen LogP) is 4.42. The van der Waals surface area contributed by atoms with Crippen molar-refractivity contribution in [1.29, 1.82) is 0 Å². The molecule has 0 heterocycles. The fourth-order valence-corrected chi connectivity index (χ4v) is 4.94. The smallest absolute Gasteiger partial charge is 0.0115 e. The lowest BCUT2D eigenvalue weighted by Crippen LogP contribution is -2.36. The molecular formula is C15H24. The lowest BCUT2D eigenvalue weighted by atomic mass is 9.60. The van der Waals surface area contributed by atoms with Gasteiger partial charge in [0.05, 0.1) is 0 Å². The molecule has 2 saturated carbocycles. The maximum atomic E-state index is 2.55. The Morgan fingerprint density at radius 1 is 1.20 bits per heavy atom. The Morgan fingerprint density at radius 3 is 2.67 bits per heavy atom. The molecule has 0 aromatic rings. The molecule has 0 aliphatic heterocycles. The molecule has 15 heavy (non-hydrogen) atoms. The van der Waals surface area contributed by atoms with Gasteiger partial charge in [0.15, 0.2) is 0 Å². The van der Waals surface area contributed by atoms with Gasteiger partial charge in [-0.2, -0.15) is 0 Å². The molecule has 3 aliphatic rings. The second kappa shape index (κ2) is 2.70. The highest BCUT2D eigenvalue weighted by molar-refractivity contribution is 5.25. The topological polar surface area (TPSA) is 0 Å². The van der Waals surface area contributed by atoms with Crippen molar-refractivity contribution in [1.82, 2.24) is 0 Å². The van der Waals surface area contributed by atoms with E-state index >= 15 is 0 Å². The van der Waals surface area contributed by atoms with Crippen molar-refractivity contribution in [3.8, 4) is 0 Å². The minimum Gasteiger partial charge on any atom is -0.0853 e. The zero-order valence-electron chi connectivity index (χ0n) is 10.6. The molecule has 0 N–H and O–H groups in total. The van der Waals surface area contributed by atoms with Crippen molar-refractivity contribution < 1.29 is 0 Å². The van der Waals surface area contributed by atoms with E-state index in [0.717, 1.165) is 17.8 Å². The zero-order chi connectivity index (χ0) is 10.8.